The normalized spacial score (nSPS) is 31.5. The van der Waals surface area contributed by atoms with Crippen molar-refractivity contribution in [1.82, 2.24) is 4.90 Å². The smallest absolute Gasteiger partial charge is 0.389 e. The number of piperidine rings is 1. The van der Waals surface area contributed by atoms with Crippen LogP contribution in [-0.4, -0.2) is 71.3 Å². The molecule has 2 saturated heterocycles. The maximum atomic E-state index is 13.2. The van der Waals surface area contributed by atoms with Crippen LogP contribution in [0.25, 0.3) is 0 Å². The van der Waals surface area contributed by atoms with E-state index in [0.717, 1.165) is 12.5 Å². The Kier molecular flexibility index (Phi) is 5.24. The lowest BCUT2D eigenvalue weighted by Crippen LogP contribution is -2.56. The van der Waals surface area contributed by atoms with Crippen LogP contribution < -0.4 is 4.90 Å². The number of para-hydroxylation sites is 1. The van der Waals surface area contributed by atoms with Crippen LogP contribution in [0.3, 0.4) is 0 Å². The van der Waals surface area contributed by atoms with Gasteiger partial charge in [0.25, 0.3) is 0 Å². The number of aliphatic hydroxyl groups is 3. The van der Waals surface area contributed by atoms with Crippen molar-refractivity contribution >= 4 is 5.69 Å². The summed E-state index contributed by atoms with van der Waals surface area (Å²) < 4.78 is 39.5. The number of hydrogen-bond acceptors (Lipinski definition) is 5. The second-order valence-electron chi connectivity index (χ2n) is 6.96. The van der Waals surface area contributed by atoms with Gasteiger partial charge in [0, 0.05) is 38.4 Å². The SMILES string of the molecule is OC1[C@H](O)CN(C[C@@H]2CCN(c3ccccc3C(F)(F)F)C2)C[C@@H]1O. The predicted octanol–water partition coefficient (Wildman–Crippen LogP) is 0.930. The fourth-order valence-corrected chi connectivity index (χ4v) is 3.78. The van der Waals surface area contributed by atoms with E-state index in [4.69, 9.17) is 0 Å². The van der Waals surface area contributed by atoms with Crippen molar-refractivity contribution in [2.45, 2.75) is 30.9 Å². The molecule has 5 nitrogen and oxygen atoms in total. The van der Waals surface area contributed by atoms with Gasteiger partial charge in [0.1, 0.15) is 6.10 Å². The number of likely N-dealkylation sites (tertiary alicyclic amines) is 1. The molecule has 0 aliphatic carbocycles. The average molecular weight is 360 g/mol. The molecule has 0 aromatic heterocycles. The largest absolute Gasteiger partial charge is 0.418 e. The van der Waals surface area contributed by atoms with E-state index < -0.39 is 30.1 Å². The third kappa shape index (κ3) is 4.08. The van der Waals surface area contributed by atoms with E-state index in [1.807, 2.05) is 4.90 Å². The number of nitrogens with zero attached hydrogens (tertiary/aromatic N) is 2. The molecule has 2 aliphatic heterocycles. The zero-order valence-corrected chi connectivity index (χ0v) is 13.7. The second kappa shape index (κ2) is 7.11. The topological polar surface area (TPSA) is 67.2 Å². The fraction of sp³-hybridized carbons (Fsp3) is 0.647. The van der Waals surface area contributed by atoms with Gasteiger partial charge in [0.2, 0.25) is 0 Å². The van der Waals surface area contributed by atoms with Crippen LogP contribution in [-0.2, 0) is 6.18 Å². The first kappa shape index (κ1) is 18.4. The molecule has 2 heterocycles. The van der Waals surface area contributed by atoms with Crippen LogP contribution in [0.4, 0.5) is 18.9 Å². The van der Waals surface area contributed by atoms with E-state index in [2.05, 4.69) is 0 Å². The highest BCUT2D eigenvalue weighted by Crippen LogP contribution is 2.38. The van der Waals surface area contributed by atoms with Gasteiger partial charge in [-0.25, -0.2) is 0 Å². The minimum absolute atomic E-state index is 0.149. The van der Waals surface area contributed by atoms with E-state index in [-0.39, 0.29) is 24.7 Å². The number of benzene rings is 1. The Morgan fingerprint density at radius 2 is 1.64 bits per heavy atom. The zero-order valence-electron chi connectivity index (χ0n) is 13.7. The van der Waals surface area contributed by atoms with Gasteiger partial charge in [-0.3, -0.25) is 4.90 Å². The minimum atomic E-state index is -4.38. The summed E-state index contributed by atoms with van der Waals surface area (Å²) in [6, 6.07) is 5.59. The molecule has 0 radical (unpaired) electrons. The van der Waals surface area contributed by atoms with Gasteiger partial charge in [-0.05, 0) is 24.5 Å². The summed E-state index contributed by atoms with van der Waals surface area (Å²) in [7, 11) is 0. The van der Waals surface area contributed by atoms with Crippen LogP contribution in [0.2, 0.25) is 0 Å². The Morgan fingerprint density at radius 3 is 2.28 bits per heavy atom. The van der Waals surface area contributed by atoms with Crippen molar-refractivity contribution in [3.8, 4) is 0 Å². The van der Waals surface area contributed by atoms with Crippen molar-refractivity contribution in [2.75, 3.05) is 37.6 Å². The van der Waals surface area contributed by atoms with Crippen LogP contribution in [0.5, 0.6) is 0 Å². The molecule has 4 atom stereocenters. The molecule has 3 rings (SSSR count). The molecule has 1 unspecified atom stereocenters. The first-order valence-corrected chi connectivity index (χ1v) is 8.43. The molecule has 0 bridgehead atoms. The first-order chi connectivity index (χ1) is 11.8. The quantitative estimate of drug-likeness (QED) is 0.748. The number of β-amino-alcohol motifs (C(OH)–C–C–N with tert-alkyl or cyclic N) is 2. The van der Waals surface area contributed by atoms with Gasteiger partial charge in [-0.2, -0.15) is 13.2 Å². The van der Waals surface area contributed by atoms with E-state index in [0.29, 0.717) is 19.6 Å². The Hall–Kier alpha value is -1.35. The van der Waals surface area contributed by atoms with E-state index in [9.17, 15) is 28.5 Å². The number of hydrogen-bond donors (Lipinski definition) is 3. The number of rotatable bonds is 3. The zero-order chi connectivity index (χ0) is 18.2. The number of anilines is 1. The molecular weight excluding hydrogens is 337 g/mol. The van der Waals surface area contributed by atoms with Crippen LogP contribution in [0.1, 0.15) is 12.0 Å². The van der Waals surface area contributed by atoms with E-state index >= 15 is 0 Å². The first-order valence-electron chi connectivity index (χ1n) is 8.43. The average Bonchev–Trinajstić information content (AvgIpc) is 3.00. The number of aliphatic hydroxyl groups excluding tert-OH is 3. The third-order valence-corrected chi connectivity index (χ3v) is 5.03. The number of halogens is 3. The van der Waals surface area contributed by atoms with Gasteiger partial charge >= 0.3 is 6.18 Å². The maximum Gasteiger partial charge on any atom is 0.418 e. The van der Waals surface area contributed by atoms with E-state index in [1.54, 1.807) is 11.0 Å². The Labute approximate surface area is 144 Å². The van der Waals surface area contributed by atoms with Crippen LogP contribution in [0, 0.1) is 5.92 Å². The third-order valence-electron chi connectivity index (χ3n) is 5.03. The summed E-state index contributed by atoms with van der Waals surface area (Å²) in [5.41, 5.74) is -0.422. The Bertz CT molecular complexity index is 587. The molecule has 1 aromatic carbocycles. The Balaban J connectivity index is 1.63. The summed E-state index contributed by atoms with van der Waals surface area (Å²) in [6.45, 7) is 2.13. The summed E-state index contributed by atoms with van der Waals surface area (Å²) in [6.07, 6.45) is -6.79. The molecule has 8 heteroatoms. The van der Waals surface area contributed by atoms with Crippen molar-refractivity contribution < 1.29 is 28.5 Å². The molecule has 0 spiro atoms. The highest BCUT2D eigenvalue weighted by molar-refractivity contribution is 5.55. The summed E-state index contributed by atoms with van der Waals surface area (Å²) in [4.78, 5) is 3.62. The molecule has 3 N–H and O–H groups in total. The van der Waals surface area contributed by atoms with Crippen LogP contribution >= 0.6 is 0 Å². The lowest BCUT2D eigenvalue weighted by molar-refractivity contribution is -0.137. The van der Waals surface area contributed by atoms with Gasteiger partial charge < -0.3 is 20.2 Å². The summed E-state index contributed by atoms with van der Waals surface area (Å²) in [5, 5.41) is 29.1. The lowest BCUT2D eigenvalue weighted by atomic mass is 10.00. The molecule has 2 fully saturated rings. The molecule has 1 aromatic rings. The van der Waals surface area contributed by atoms with Crippen molar-refractivity contribution in [2.24, 2.45) is 5.92 Å². The Morgan fingerprint density at radius 1 is 1.00 bits per heavy atom. The molecule has 0 amide bonds. The van der Waals surface area contributed by atoms with Gasteiger partial charge in [-0.15, -0.1) is 0 Å². The van der Waals surface area contributed by atoms with Crippen LogP contribution in [0.15, 0.2) is 24.3 Å². The van der Waals surface area contributed by atoms with Crippen molar-refractivity contribution in [3.63, 3.8) is 0 Å². The molecule has 2 aliphatic rings. The van der Waals surface area contributed by atoms with Crippen molar-refractivity contribution in [1.29, 1.82) is 0 Å². The standard InChI is InChI=1S/C17H23F3N2O3/c18-17(19,20)12-3-1-2-4-13(12)22-6-5-11(8-22)7-21-9-14(23)16(25)15(24)10-21/h1-4,11,14-16,23-25H,5-10H2/t11-,14-,15+,16?/m0/s1. The lowest BCUT2D eigenvalue weighted by Gasteiger charge is -2.38. The van der Waals surface area contributed by atoms with E-state index in [1.165, 1.54) is 12.1 Å². The molecular formula is C17H23F3N2O3. The molecule has 25 heavy (non-hydrogen) atoms. The van der Waals surface area contributed by atoms with Crippen molar-refractivity contribution in [3.05, 3.63) is 29.8 Å². The second-order valence-corrected chi connectivity index (χ2v) is 6.96. The van der Waals surface area contributed by atoms with Gasteiger partial charge in [0.05, 0.1) is 17.8 Å². The maximum absolute atomic E-state index is 13.2. The highest BCUT2D eigenvalue weighted by atomic mass is 19.4. The molecule has 0 saturated carbocycles. The number of alkyl halides is 3. The minimum Gasteiger partial charge on any atom is -0.389 e. The highest BCUT2D eigenvalue weighted by Gasteiger charge is 2.38. The van der Waals surface area contributed by atoms with Gasteiger partial charge in [0.15, 0.2) is 0 Å². The predicted molar refractivity (Wildman–Crippen MR) is 86.2 cm³/mol. The molecule has 140 valence electrons. The fourth-order valence-electron chi connectivity index (χ4n) is 3.78. The summed E-state index contributed by atoms with van der Waals surface area (Å²) >= 11 is 0. The van der Waals surface area contributed by atoms with Gasteiger partial charge in [-0.1, -0.05) is 12.1 Å². The summed E-state index contributed by atoms with van der Waals surface area (Å²) in [5.74, 6) is 0.149. The monoisotopic (exact) mass is 360 g/mol.